The molecule has 3 rings (SSSR count). The second kappa shape index (κ2) is 10.4. The molecule has 0 radical (unpaired) electrons. The predicted molar refractivity (Wildman–Crippen MR) is 122 cm³/mol. The molecule has 2 aromatic carbocycles. The van der Waals surface area contributed by atoms with Crippen LogP contribution in [0.1, 0.15) is 20.1 Å². The molecule has 1 heterocycles. The van der Waals surface area contributed by atoms with Crippen LogP contribution in [0.25, 0.3) is 11.1 Å². The summed E-state index contributed by atoms with van der Waals surface area (Å²) in [4.78, 5) is 15.9. The van der Waals surface area contributed by atoms with Gasteiger partial charge in [-0.1, -0.05) is 42.8 Å². The van der Waals surface area contributed by atoms with Crippen LogP contribution < -0.4 is 4.74 Å². The zero-order valence-electron chi connectivity index (χ0n) is 17.0. The summed E-state index contributed by atoms with van der Waals surface area (Å²) in [5.41, 5.74) is 1.26. The van der Waals surface area contributed by atoms with Crippen molar-refractivity contribution in [2.24, 2.45) is 5.41 Å². The maximum atomic E-state index is 11.9. The van der Waals surface area contributed by atoms with E-state index in [0.717, 1.165) is 11.1 Å². The van der Waals surface area contributed by atoms with Gasteiger partial charge in [0, 0.05) is 29.1 Å². The lowest BCUT2D eigenvalue weighted by molar-refractivity contribution is -0.165. The average molecular weight is 483 g/mol. The van der Waals surface area contributed by atoms with Crippen molar-refractivity contribution in [1.29, 1.82) is 0 Å². The quantitative estimate of drug-likeness (QED) is 0.294. The van der Waals surface area contributed by atoms with Crippen LogP contribution in [0, 0.1) is 5.41 Å². The van der Waals surface area contributed by atoms with Gasteiger partial charge >= 0.3 is 5.97 Å². The van der Waals surface area contributed by atoms with E-state index in [9.17, 15) is 4.79 Å². The first-order valence-electron chi connectivity index (χ1n) is 9.52. The molecular formula is C22H22Cl3N3O3. The van der Waals surface area contributed by atoms with Gasteiger partial charge in [0.1, 0.15) is 18.4 Å². The molecule has 0 fully saturated rings. The number of carbonyl (C=O) groups is 1. The highest BCUT2D eigenvalue weighted by molar-refractivity contribution is 6.30. The van der Waals surface area contributed by atoms with Crippen molar-refractivity contribution in [3.63, 3.8) is 0 Å². The lowest BCUT2D eigenvalue weighted by Gasteiger charge is -2.38. The van der Waals surface area contributed by atoms with Crippen molar-refractivity contribution < 1.29 is 14.3 Å². The van der Waals surface area contributed by atoms with Crippen LogP contribution in [0.3, 0.4) is 0 Å². The molecule has 0 aliphatic rings. The zero-order valence-corrected chi connectivity index (χ0v) is 19.3. The summed E-state index contributed by atoms with van der Waals surface area (Å²) in [7, 11) is 0. The third-order valence-electron chi connectivity index (χ3n) is 4.84. The van der Waals surface area contributed by atoms with E-state index < -0.39 is 23.7 Å². The molecule has 0 aliphatic carbocycles. The molecule has 0 saturated carbocycles. The Morgan fingerprint density at radius 2 is 1.65 bits per heavy atom. The Kier molecular flexibility index (Phi) is 7.81. The molecule has 0 amide bonds. The van der Waals surface area contributed by atoms with Crippen LogP contribution in [-0.2, 0) is 9.53 Å². The van der Waals surface area contributed by atoms with E-state index in [1.54, 1.807) is 0 Å². The molecule has 0 spiro atoms. The summed E-state index contributed by atoms with van der Waals surface area (Å²) in [5, 5.41) is 4.87. The number of rotatable bonds is 9. The Balaban J connectivity index is 1.92. The number of halogens is 3. The Hall–Kier alpha value is -2.28. The van der Waals surface area contributed by atoms with Gasteiger partial charge in [0.15, 0.2) is 6.10 Å². The standard InChI is InChI=1S/C22H22Cl3N3O3/c1-15(29)30-20(22(2,11-23)12-24)21(28-14-26-13-27-28)31-19-9-5-17(6-10-19)16-3-7-18(25)8-4-16/h3-10,13-14,20-21H,11-12H2,1-2H3. The first kappa shape index (κ1) is 23.4. The van der Waals surface area contributed by atoms with E-state index in [-0.39, 0.29) is 11.8 Å². The molecule has 0 bridgehead atoms. The number of benzene rings is 2. The lowest BCUT2D eigenvalue weighted by atomic mass is 9.87. The second-order valence-electron chi connectivity index (χ2n) is 7.37. The highest BCUT2D eigenvalue weighted by atomic mass is 35.5. The van der Waals surface area contributed by atoms with E-state index in [2.05, 4.69) is 10.1 Å². The molecular weight excluding hydrogens is 461 g/mol. The Bertz CT molecular complexity index is 975. The Morgan fingerprint density at radius 1 is 1.06 bits per heavy atom. The fourth-order valence-electron chi connectivity index (χ4n) is 3.02. The number of ether oxygens (including phenoxy) is 2. The van der Waals surface area contributed by atoms with Gasteiger partial charge in [-0.3, -0.25) is 4.79 Å². The molecule has 0 saturated heterocycles. The topological polar surface area (TPSA) is 66.2 Å². The van der Waals surface area contributed by atoms with E-state index in [0.29, 0.717) is 10.8 Å². The highest BCUT2D eigenvalue weighted by Crippen LogP contribution is 2.36. The largest absolute Gasteiger partial charge is 0.465 e. The fraction of sp³-hybridized carbons (Fsp3) is 0.318. The van der Waals surface area contributed by atoms with Crippen molar-refractivity contribution >= 4 is 40.8 Å². The normalized spacial score (nSPS) is 13.5. The van der Waals surface area contributed by atoms with Crippen LogP contribution in [0.5, 0.6) is 5.75 Å². The molecule has 1 aromatic heterocycles. The molecule has 164 valence electrons. The van der Waals surface area contributed by atoms with Crippen molar-refractivity contribution in [3.05, 3.63) is 66.2 Å². The van der Waals surface area contributed by atoms with E-state index >= 15 is 0 Å². The van der Waals surface area contributed by atoms with Crippen molar-refractivity contribution in [1.82, 2.24) is 14.8 Å². The minimum Gasteiger partial charge on any atom is -0.465 e. The van der Waals surface area contributed by atoms with Crippen molar-refractivity contribution in [3.8, 4) is 16.9 Å². The molecule has 3 aromatic rings. The average Bonchev–Trinajstić information content (AvgIpc) is 3.31. The van der Waals surface area contributed by atoms with Crippen LogP contribution in [0.4, 0.5) is 0 Å². The van der Waals surface area contributed by atoms with Gasteiger partial charge in [-0.2, -0.15) is 5.10 Å². The van der Waals surface area contributed by atoms with Crippen LogP contribution in [-0.4, -0.2) is 38.6 Å². The van der Waals surface area contributed by atoms with Gasteiger partial charge < -0.3 is 9.47 Å². The number of hydrogen-bond acceptors (Lipinski definition) is 5. The third-order valence-corrected chi connectivity index (χ3v) is 6.31. The van der Waals surface area contributed by atoms with Crippen molar-refractivity contribution in [2.45, 2.75) is 26.2 Å². The first-order valence-corrected chi connectivity index (χ1v) is 11.0. The van der Waals surface area contributed by atoms with Gasteiger partial charge in [-0.15, -0.1) is 23.2 Å². The molecule has 0 N–H and O–H groups in total. The molecule has 2 atom stereocenters. The zero-order chi connectivity index (χ0) is 22.4. The molecule has 0 aliphatic heterocycles. The van der Waals surface area contributed by atoms with Gasteiger partial charge in [0.05, 0.1) is 0 Å². The molecule has 2 unspecified atom stereocenters. The van der Waals surface area contributed by atoms with Crippen LogP contribution in [0.2, 0.25) is 5.02 Å². The van der Waals surface area contributed by atoms with Gasteiger partial charge in [0.2, 0.25) is 6.23 Å². The van der Waals surface area contributed by atoms with Crippen molar-refractivity contribution in [2.75, 3.05) is 11.8 Å². The smallest absolute Gasteiger partial charge is 0.303 e. The summed E-state index contributed by atoms with van der Waals surface area (Å²) in [6.07, 6.45) is 1.24. The first-order chi connectivity index (χ1) is 14.9. The SMILES string of the molecule is CC(=O)OC(C(Oc1ccc(-c2ccc(Cl)cc2)cc1)n1cncn1)C(C)(CCl)CCl. The summed E-state index contributed by atoms with van der Waals surface area (Å²) < 4.78 is 13.3. The summed E-state index contributed by atoms with van der Waals surface area (Å²) in [5.74, 6) is 0.386. The minimum absolute atomic E-state index is 0.151. The third kappa shape index (κ3) is 5.70. The lowest BCUT2D eigenvalue weighted by Crippen LogP contribution is -2.47. The van der Waals surface area contributed by atoms with E-state index in [1.807, 2.05) is 55.5 Å². The summed E-state index contributed by atoms with van der Waals surface area (Å²) in [6, 6.07) is 15.1. The van der Waals surface area contributed by atoms with Crippen LogP contribution >= 0.6 is 34.8 Å². The Morgan fingerprint density at radius 3 is 2.13 bits per heavy atom. The fourth-order valence-corrected chi connectivity index (χ4v) is 3.74. The number of carbonyl (C=O) groups excluding carboxylic acids is 1. The monoisotopic (exact) mass is 481 g/mol. The number of aromatic nitrogens is 3. The molecule has 31 heavy (non-hydrogen) atoms. The summed E-state index contributed by atoms with van der Waals surface area (Å²) in [6.45, 7) is 3.16. The van der Waals surface area contributed by atoms with Gasteiger partial charge in [0.25, 0.3) is 0 Å². The number of alkyl halides is 2. The molecule has 9 heteroatoms. The van der Waals surface area contributed by atoms with Crippen LogP contribution in [0.15, 0.2) is 61.2 Å². The number of esters is 1. The Labute approximate surface area is 196 Å². The minimum atomic E-state index is -0.824. The predicted octanol–water partition coefficient (Wildman–Crippen LogP) is 5.59. The van der Waals surface area contributed by atoms with Gasteiger partial charge in [-0.25, -0.2) is 9.67 Å². The highest BCUT2D eigenvalue weighted by Gasteiger charge is 2.44. The number of hydrogen-bond donors (Lipinski definition) is 0. The molecule has 6 nitrogen and oxygen atoms in total. The van der Waals surface area contributed by atoms with E-state index in [1.165, 1.54) is 24.3 Å². The van der Waals surface area contributed by atoms with Gasteiger partial charge in [-0.05, 0) is 35.4 Å². The van der Waals surface area contributed by atoms with E-state index in [4.69, 9.17) is 44.3 Å². The maximum Gasteiger partial charge on any atom is 0.303 e. The maximum absolute atomic E-state index is 11.9. The number of nitrogens with zero attached hydrogens (tertiary/aromatic N) is 3. The summed E-state index contributed by atoms with van der Waals surface area (Å²) >= 11 is 18.4. The second-order valence-corrected chi connectivity index (χ2v) is 8.34.